The van der Waals surface area contributed by atoms with Gasteiger partial charge in [-0.3, -0.25) is 4.79 Å². The largest absolute Gasteiger partial charge is 0.384 e. The smallest absolute Gasteiger partial charge is 0.270 e. The number of nitriles is 1. The zero-order valence-electron chi connectivity index (χ0n) is 10.9. The summed E-state index contributed by atoms with van der Waals surface area (Å²) in [5.74, 6) is 0. The number of nitrogens with zero attached hydrogens (tertiary/aromatic N) is 2. The number of aromatic nitrogens is 2. The van der Waals surface area contributed by atoms with Crippen LogP contribution in [0.5, 0.6) is 0 Å². The van der Waals surface area contributed by atoms with Crippen molar-refractivity contribution in [2.75, 3.05) is 18.1 Å². The fourth-order valence-electron chi connectivity index (χ4n) is 2.31. The second-order valence-electron chi connectivity index (χ2n) is 4.46. The van der Waals surface area contributed by atoms with Gasteiger partial charge in [-0.25, -0.2) is 4.98 Å². The van der Waals surface area contributed by atoms with Gasteiger partial charge in [-0.15, -0.1) is 0 Å². The average molecular weight is 284 g/mol. The summed E-state index contributed by atoms with van der Waals surface area (Å²) in [6.45, 7) is 0.919. The highest BCUT2D eigenvalue weighted by atomic mass is 32.2. The van der Waals surface area contributed by atoms with Crippen LogP contribution in [-0.4, -0.2) is 22.8 Å². The molecule has 0 bridgehead atoms. The van der Waals surface area contributed by atoms with Crippen LogP contribution < -0.4 is 10.9 Å². The van der Waals surface area contributed by atoms with Gasteiger partial charge < -0.3 is 10.3 Å². The first-order chi connectivity index (χ1) is 9.72. The Bertz CT molecular complexity index is 776. The molecule has 2 heterocycles. The van der Waals surface area contributed by atoms with E-state index in [1.165, 1.54) is 17.3 Å². The number of H-pyrrole nitrogens is 1. The summed E-state index contributed by atoms with van der Waals surface area (Å²) in [4.78, 5) is 18.9. The van der Waals surface area contributed by atoms with E-state index in [0.717, 1.165) is 24.2 Å². The number of thioether (sulfide) groups is 1. The molecule has 0 spiro atoms. The van der Waals surface area contributed by atoms with Crippen LogP contribution >= 0.6 is 11.8 Å². The van der Waals surface area contributed by atoms with Gasteiger partial charge in [0, 0.05) is 17.8 Å². The summed E-state index contributed by atoms with van der Waals surface area (Å²) < 4.78 is 0. The molecule has 6 heteroatoms. The Balaban J connectivity index is 2.21. The highest BCUT2D eigenvalue weighted by Gasteiger charge is 2.16. The molecule has 0 atom stereocenters. The van der Waals surface area contributed by atoms with E-state index >= 15 is 0 Å². The lowest BCUT2D eigenvalue weighted by molar-refractivity contribution is 0.937. The Hall–Kier alpha value is -2.26. The lowest BCUT2D eigenvalue weighted by Gasteiger charge is -2.07. The third kappa shape index (κ3) is 2.06. The summed E-state index contributed by atoms with van der Waals surface area (Å²) in [6.07, 6.45) is 2.78. The third-order valence-electron chi connectivity index (χ3n) is 3.29. The van der Waals surface area contributed by atoms with Crippen LogP contribution in [-0.2, 0) is 6.42 Å². The quantitative estimate of drug-likeness (QED) is 0.651. The Morgan fingerprint density at radius 2 is 2.30 bits per heavy atom. The van der Waals surface area contributed by atoms with Crippen LogP contribution in [0.4, 0.5) is 5.69 Å². The van der Waals surface area contributed by atoms with Crippen LogP contribution in [0.15, 0.2) is 28.2 Å². The van der Waals surface area contributed by atoms with Gasteiger partial charge >= 0.3 is 0 Å². The first kappa shape index (κ1) is 12.8. The maximum Gasteiger partial charge on any atom is 0.270 e. The number of benzene rings is 1. The molecule has 0 saturated heterocycles. The van der Waals surface area contributed by atoms with Crippen LogP contribution in [0.25, 0.3) is 11.3 Å². The van der Waals surface area contributed by atoms with E-state index in [0.29, 0.717) is 10.9 Å². The standard InChI is InChI=1S/C14H12N4OS/c1-20-14-17-12(10(7-15)13(19)18-14)9-2-3-11-8(6-9)4-5-16-11/h2-3,6,16H,4-5H2,1H3,(H,17,18,19). The SMILES string of the molecule is CSc1nc(-c2ccc3c(c2)CCN3)c(C#N)c(=O)[nH]1. The molecule has 0 saturated carbocycles. The molecule has 2 aromatic rings. The van der Waals surface area contributed by atoms with Gasteiger partial charge in [0.2, 0.25) is 0 Å². The van der Waals surface area contributed by atoms with E-state index in [-0.39, 0.29) is 11.1 Å². The summed E-state index contributed by atoms with van der Waals surface area (Å²) >= 11 is 1.35. The molecule has 3 rings (SSSR count). The lowest BCUT2D eigenvalue weighted by Crippen LogP contribution is -2.14. The number of hydrogen-bond acceptors (Lipinski definition) is 5. The van der Waals surface area contributed by atoms with Crippen LogP contribution in [0.2, 0.25) is 0 Å². The predicted octanol–water partition coefficient (Wildman–Crippen LogP) is 2.00. The zero-order chi connectivity index (χ0) is 14.1. The molecule has 0 fully saturated rings. The van der Waals surface area contributed by atoms with Gasteiger partial charge in [0.25, 0.3) is 5.56 Å². The molecule has 1 aliphatic rings. The minimum absolute atomic E-state index is 0.0636. The monoisotopic (exact) mass is 284 g/mol. The topological polar surface area (TPSA) is 81.6 Å². The van der Waals surface area contributed by atoms with E-state index in [1.54, 1.807) is 0 Å². The van der Waals surface area contributed by atoms with Crippen LogP contribution in [0.3, 0.4) is 0 Å². The van der Waals surface area contributed by atoms with Crippen molar-refractivity contribution in [3.63, 3.8) is 0 Å². The minimum Gasteiger partial charge on any atom is -0.384 e. The normalized spacial score (nSPS) is 12.6. The molecule has 1 aromatic carbocycles. The maximum atomic E-state index is 11.9. The Morgan fingerprint density at radius 1 is 1.45 bits per heavy atom. The molecular formula is C14H12N4OS. The summed E-state index contributed by atoms with van der Waals surface area (Å²) in [5, 5.41) is 13.0. The maximum absolute atomic E-state index is 11.9. The number of rotatable bonds is 2. The molecule has 5 nitrogen and oxygen atoms in total. The second kappa shape index (κ2) is 5.02. The summed E-state index contributed by atoms with van der Waals surface area (Å²) in [7, 11) is 0. The molecule has 2 N–H and O–H groups in total. The molecule has 100 valence electrons. The molecule has 20 heavy (non-hydrogen) atoms. The van der Waals surface area contributed by atoms with Crippen molar-refractivity contribution in [2.45, 2.75) is 11.6 Å². The fraction of sp³-hybridized carbons (Fsp3) is 0.214. The highest BCUT2D eigenvalue weighted by molar-refractivity contribution is 7.98. The van der Waals surface area contributed by atoms with Crippen LogP contribution in [0.1, 0.15) is 11.1 Å². The Kier molecular flexibility index (Phi) is 3.20. The van der Waals surface area contributed by atoms with E-state index in [9.17, 15) is 10.1 Å². The van der Waals surface area contributed by atoms with Crippen LogP contribution in [0, 0.1) is 11.3 Å². The average Bonchev–Trinajstić information content (AvgIpc) is 2.93. The first-order valence-electron chi connectivity index (χ1n) is 6.18. The number of anilines is 1. The highest BCUT2D eigenvalue weighted by Crippen LogP contribution is 2.28. The molecule has 0 radical (unpaired) electrons. The zero-order valence-corrected chi connectivity index (χ0v) is 11.7. The molecule has 0 unspecified atom stereocenters. The van der Waals surface area contributed by atoms with Crippen molar-refractivity contribution < 1.29 is 0 Å². The van der Waals surface area contributed by atoms with Crippen molar-refractivity contribution >= 4 is 17.4 Å². The van der Waals surface area contributed by atoms with E-state index < -0.39 is 0 Å². The van der Waals surface area contributed by atoms with Crippen molar-refractivity contribution in [3.8, 4) is 17.3 Å². The molecule has 1 aromatic heterocycles. The summed E-state index contributed by atoms with van der Waals surface area (Å²) in [5.41, 5.74) is 3.25. The van der Waals surface area contributed by atoms with E-state index in [1.807, 2.05) is 30.5 Å². The van der Waals surface area contributed by atoms with Crippen molar-refractivity contribution in [2.24, 2.45) is 0 Å². The predicted molar refractivity (Wildman–Crippen MR) is 79.0 cm³/mol. The van der Waals surface area contributed by atoms with Gasteiger partial charge in [-0.2, -0.15) is 5.26 Å². The number of aromatic amines is 1. The number of hydrogen-bond donors (Lipinski definition) is 2. The first-order valence-corrected chi connectivity index (χ1v) is 7.41. The molecule has 1 aliphatic heterocycles. The van der Waals surface area contributed by atoms with Gasteiger partial charge in [-0.1, -0.05) is 17.8 Å². The minimum atomic E-state index is -0.388. The van der Waals surface area contributed by atoms with E-state index in [2.05, 4.69) is 15.3 Å². The van der Waals surface area contributed by atoms with Gasteiger partial charge in [0.1, 0.15) is 11.6 Å². The van der Waals surface area contributed by atoms with Gasteiger partial charge in [0.05, 0.1) is 5.69 Å². The van der Waals surface area contributed by atoms with Crippen molar-refractivity contribution in [1.29, 1.82) is 5.26 Å². The third-order valence-corrected chi connectivity index (χ3v) is 3.87. The molecule has 0 aliphatic carbocycles. The molecule has 0 amide bonds. The number of fused-ring (bicyclic) bond motifs is 1. The fourth-order valence-corrected chi connectivity index (χ4v) is 2.69. The van der Waals surface area contributed by atoms with Gasteiger partial charge in [0.15, 0.2) is 5.16 Å². The van der Waals surface area contributed by atoms with Crippen molar-refractivity contribution in [1.82, 2.24) is 9.97 Å². The summed E-state index contributed by atoms with van der Waals surface area (Å²) in [6, 6.07) is 7.82. The number of nitrogens with one attached hydrogen (secondary N) is 2. The molecular weight excluding hydrogens is 272 g/mol. The Labute approximate surface area is 120 Å². The second-order valence-corrected chi connectivity index (χ2v) is 5.25. The van der Waals surface area contributed by atoms with Crippen molar-refractivity contribution in [3.05, 3.63) is 39.7 Å². The van der Waals surface area contributed by atoms with E-state index in [4.69, 9.17) is 0 Å². The Morgan fingerprint density at radius 3 is 3.05 bits per heavy atom. The lowest BCUT2D eigenvalue weighted by atomic mass is 10.0. The van der Waals surface area contributed by atoms with Gasteiger partial charge in [-0.05, 0) is 30.4 Å².